The van der Waals surface area contributed by atoms with Crippen molar-refractivity contribution in [2.45, 2.75) is 6.10 Å². The fourth-order valence-electron chi connectivity index (χ4n) is 1.01. The van der Waals surface area contributed by atoms with Crippen LogP contribution in [-0.2, 0) is 0 Å². The number of carbonyl (C=O) groups is 1. The topological polar surface area (TPSA) is 95.0 Å². The lowest BCUT2D eigenvalue weighted by molar-refractivity contribution is 0.00508. The van der Waals surface area contributed by atoms with E-state index in [0.29, 0.717) is 13.1 Å². The van der Waals surface area contributed by atoms with Crippen molar-refractivity contribution in [3.8, 4) is 0 Å². The number of amides is 1. The van der Waals surface area contributed by atoms with Crippen molar-refractivity contribution in [3.63, 3.8) is 0 Å². The summed E-state index contributed by atoms with van der Waals surface area (Å²) in [5.41, 5.74) is 0. The summed E-state index contributed by atoms with van der Waals surface area (Å²) in [6.07, 6.45) is -0.402. The van der Waals surface area contributed by atoms with Gasteiger partial charge in [-0.1, -0.05) is 0 Å². The molecule has 1 amide bonds. The highest BCUT2D eigenvalue weighted by Gasteiger charge is 2.31. The minimum atomic E-state index is -0.402. The monoisotopic (exact) mass is 169 g/mol. The summed E-state index contributed by atoms with van der Waals surface area (Å²) in [6.45, 7) is 0.709. The molecule has 1 aliphatic rings. The van der Waals surface area contributed by atoms with Crippen LogP contribution in [0, 0.1) is 0 Å². The van der Waals surface area contributed by atoms with E-state index in [2.05, 4.69) is 20.6 Å². The lowest BCUT2D eigenvalue weighted by atomic mass is 10.2. The van der Waals surface area contributed by atoms with Gasteiger partial charge in [0.05, 0.1) is 6.10 Å². The zero-order chi connectivity index (χ0) is 8.55. The number of aliphatic hydroxyl groups is 1. The summed E-state index contributed by atoms with van der Waals surface area (Å²) in [4.78, 5) is 12.7. The molecule has 2 rings (SSSR count). The van der Waals surface area contributed by atoms with E-state index in [9.17, 15) is 4.79 Å². The Morgan fingerprint density at radius 1 is 1.67 bits per heavy atom. The number of nitrogens with zero attached hydrogens (tertiary/aromatic N) is 4. The van der Waals surface area contributed by atoms with Gasteiger partial charge in [-0.3, -0.25) is 4.79 Å². The Kier molecular flexibility index (Phi) is 1.51. The summed E-state index contributed by atoms with van der Waals surface area (Å²) in [5.74, 6) is -0.254. The van der Waals surface area contributed by atoms with Crippen LogP contribution in [0.25, 0.3) is 0 Å². The molecule has 64 valence electrons. The van der Waals surface area contributed by atoms with Crippen molar-refractivity contribution >= 4 is 5.91 Å². The Balaban J connectivity index is 2.03. The van der Waals surface area contributed by atoms with Gasteiger partial charge in [0.15, 0.2) is 0 Å². The van der Waals surface area contributed by atoms with Crippen molar-refractivity contribution < 1.29 is 9.90 Å². The van der Waals surface area contributed by atoms with E-state index in [1.54, 1.807) is 0 Å². The normalized spacial score (nSPS) is 17.6. The molecule has 1 fully saturated rings. The highest BCUT2D eigenvalue weighted by Crippen LogP contribution is 2.09. The SMILES string of the molecule is O=C(c1nn[nH]n1)N1CC(O)C1. The number of aromatic nitrogens is 4. The van der Waals surface area contributed by atoms with Gasteiger partial charge in [-0.05, 0) is 5.21 Å². The zero-order valence-corrected chi connectivity index (χ0v) is 6.14. The molecule has 12 heavy (non-hydrogen) atoms. The molecule has 0 spiro atoms. The predicted octanol–water partition coefficient (Wildman–Crippen LogP) is -1.98. The second kappa shape index (κ2) is 2.52. The predicted molar refractivity (Wildman–Crippen MR) is 36.1 cm³/mol. The summed E-state index contributed by atoms with van der Waals surface area (Å²) in [6, 6.07) is 0. The number of rotatable bonds is 1. The number of hydrogen-bond donors (Lipinski definition) is 2. The third-order valence-corrected chi connectivity index (χ3v) is 1.69. The zero-order valence-electron chi connectivity index (χ0n) is 6.14. The Morgan fingerprint density at radius 3 is 2.92 bits per heavy atom. The van der Waals surface area contributed by atoms with Crippen LogP contribution in [0.5, 0.6) is 0 Å². The van der Waals surface area contributed by atoms with Gasteiger partial charge in [-0.25, -0.2) is 0 Å². The minimum absolute atomic E-state index is 0.0434. The summed E-state index contributed by atoms with van der Waals surface area (Å²) in [5, 5.41) is 21.4. The van der Waals surface area contributed by atoms with Crippen molar-refractivity contribution in [1.29, 1.82) is 0 Å². The molecule has 0 bridgehead atoms. The van der Waals surface area contributed by atoms with E-state index in [1.165, 1.54) is 4.90 Å². The molecule has 0 atom stereocenters. The number of hydrogen-bond acceptors (Lipinski definition) is 5. The second-order valence-electron chi connectivity index (χ2n) is 2.60. The van der Waals surface area contributed by atoms with Crippen LogP contribution in [-0.4, -0.2) is 55.7 Å². The smallest absolute Gasteiger partial charge is 0.295 e. The average molecular weight is 169 g/mol. The van der Waals surface area contributed by atoms with Crippen LogP contribution in [0.2, 0.25) is 0 Å². The number of aromatic amines is 1. The van der Waals surface area contributed by atoms with Crippen molar-refractivity contribution in [3.05, 3.63) is 5.82 Å². The number of nitrogens with one attached hydrogen (secondary N) is 1. The Morgan fingerprint density at radius 2 is 2.42 bits per heavy atom. The van der Waals surface area contributed by atoms with Crippen LogP contribution < -0.4 is 0 Å². The van der Waals surface area contributed by atoms with E-state index in [1.807, 2.05) is 0 Å². The van der Waals surface area contributed by atoms with Gasteiger partial charge in [-0.2, -0.15) is 5.21 Å². The third kappa shape index (κ3) is 1.03. The molecule has 0 aliphatic carbocycles. The first-order valence-electron chi connectivity index (χ1n) is 3.48. The Hall–Kier alpha value is -1.50. The number of carbonyl (C=O) groups excluding carboxylic acids is 1. The molecule has 0 aromatic carbocycles. The lowest BCUT2D eigenvalue weighted by Gasteiger charge is -2.34. The average Bonchev–Trinajstić information content (AvgIpc) is 2.49. The van der Waals surface area contributed by atoms with Gasteiger partial charge in [0, 0.05) is 13.1 Å². The number of tetrazole rings is 1. The van der Waals surface area contributed by atoms with Crippen molar-refractivity contribution in [2.24, 2.45) is 0 Å². The molecule has 2 heterocycles. The molecule has 2 N–H and O–H groups in total. The van der Waals surface area contributed by atoms with Crippen LogP contribution in [0.1, 0.15) is 10.6 Å². The lowest BCUT2D eigenvalue weighted by Crippen LogP contribution is -2.53. The van der Waals surface area contributed by atoms with Gasteiger partial charge < -0.3 is 10.0 Å². The highest BCUT2D eigenvalue weighted by molar-refractivity contribution is 5.90. The van der Waals surface area contributed by atoms with E-state index < -0.39 is 6.10 Å². The van der Waals surface area contributed by atoms with E-state index >= 15 is 0 Å². The second-order valence-corrected chi connectivity index (χ2v) is 2.60. The molecule has 7 nitrogen and oxygen atoms in total. The summed E-state index contributed by atoms with van der Waals surface area (Å²) in [7, 11) is 0. The molecule has 1 aromatic heterocycles. The van der Waals surface area contributed by atoms with Gasteiger partial charge in [0.2, 0.25) is 0 Å². The summed E-state index contributed by atoms with van der Waals surface area (Å²) < 4.78 is 0. The van der Waals surface area contributed by atoms with Gasteiger partial charge in [-0.15, -0.1) is 10.2 Å². The number of H-pyrrole nitrogens is 1. The number of likely N-dealkylation sites (tertiary alicyclic amines) is 1. The quantitative estimate of drug-likeness (QED) is 0.507. The first-order chi connectivity index (χ1) is 5.77. The first kappa shape index (κ1) is 7.17. The highest BCUT2D eigenvalue weighted by atomic mass is 16.3. The van der Waals surface area contributed by atoms with E-state index in [-0.39, 0.29) is 11.7 Å². The van der Waals surface area contributed by atoms with Crippen LogP contribution in [0.4, 0.5) is 0 Å². The molecule has 1 saturated heterocycles. The third-order valence-electron chi connectivity index (χ3n) is 1.69. The van der Waals surface area contributed by atoms with Gasteiger partial charge in [0.1, 0.15) is 0 Å². The Labute approximate surface area is 67.4 Å². The fraction of sp³-hybridized carbons (Fsp3) is 0.600. The number of aliphatic hydroxyl groups excluding tert-OH is 1. The Bertz CT molecular complexity index is 278. The molecule has 7 heteroatoms. The van der Waals surface area contributed by atoms with Crippen LogP contribution in [0.15, 0.2) is 0 Å². The largest absolute Gasteiger partial charge is 0.389 e. The maximum absolute atomic E-state index is 11.3. The molecule has 1 aliphatic heterocycles. The van der Waals surface area contributed by atoms with E-state index in [0.717, 1.165) is 0 Å². The minimum Gasteiger partial charge on any atom is -0.389 e. The summed E-state index contributed by atoms with van der Waals surface area (Å²) >= 11 is 0. The molecular formula is C5H7N5O2. The maximum Gasteiger partial charge on any atom is 0.295 e. The molecule has 1 aromatic rings. The van der Waals surface area contributed by atoms with Crippen LogP contribution in [0.3, 0.4) is 0 Å². The fourth-order valence-corrected chi connectivity index (χ4v) is 1.01. The van der Waals surface area contributed by atoms with Crippen molar-refractivity contribution in [2.75, 3.05) is 13.1 Å². The van der Waals surface area contributed by atoms with E-state index in [4.69, 9.17) is 5.11 Å². The van der Waals surface area contributed by atoms with Crippen LogP contribution >= 0.6 is 0 Å². The number of β-amino-alcohol motifs (C(OH)–C–C–N with tert-alkyl or cyclic N) is 1. The standard InChI is InChI=1S/C5H7N5O2/c11-3-1-10(2-3)5(12)4-6-8-9-7-4/h3,11H,1-2H2,(H,6,7,8,9). The van der Waals surface area contributed by atoms with Crippen molar-refractivity contribution in [1.82, 2.24) is 25.5 Å². The maximum atomic E-state index is 11.3. The molecule has 0 unspecified atom stereocenters. The molecule has 0 saturated carbocycles. The van der Waals surface area contributed by atoms with Gasteiger partial charge >= 0.3 is 0 Å². The first-order valence-corrected chi connectivity index (χ1v) is 3.48. The molecular weight excluding hydrogens is 162 g/mol. The molecule has 0 radical (unpaired) electrons. The van der Waals surface area contributed by atoms with Gasteiger partial charge in [0.25, 0.3) is 11.7 Å².